The molecule has 2 amide bonds. The predicted octanol–water partition coefficient (Wildman–Crippen LogP) is 0.344. The summed E-state index contributed by atoms with van der Waals surface area (Å²) >= 11 is 0. The molecule has 2 rings (SSSR count). The predicted molar refractivity (Wildman–Crippen MR) is 76.2 cm³/mol. The molecule has 0 bridgehead atoms. The highest BCUT2D eigenvalue weighted by atomic mass is 35.5. The topological polar surface area (TPSA) is 52.7 Å². The largest absolute Gasteiger partial charge is 0.347 e. The van der Waals surface area contributed by atoms with Gasteiger partial charge in [0.1, 0.15) is 0 Å². The maximum Gasteiger partial charge on any atom is 0.241 e. The lowest BCUT2D eigenvalue weighted by Crippen LogP contribution is -2.40. The Bertz CT molecular complexity index is 354. The highest BCUT2D eigenvalue weighted by Gasteiger charge is 2.58. The van der Waals surface area contributed by atoms with E-state index in [1.54, 1.807) is 26.0 Å². The van der Waals surface area contributed by atoms with E-state index in [0.29, 0.717) is 0 Å². The summed E-state index contributed by atoms with van der Waals surface area (Å²) in [5.41, 5.74) is 0.248. The van der Waals surface area contributed by atoms with E-state index < -0.39 is 0 Å². The molecule has 1 unspecified atom stereocenters. The van der Waals surface area contributed by atoms with Crippen LogP contribution in [-0.4, -0.2) is 62.4 Å². The third-order valence-electron chi connectivity index (χ3n) is 4.33. The molecule has 1 aliphatic carbocycles. The monoisotopic (exact) mass is 289 g/mol. The highest BCUT2D eigenvalue weighted by molar-refractivity contribution is 5.87. The molecule has 0 aromatic heterocycles. The van der Waals surface area contributed by atoms with E-state index in [1.807, 2.05) is 0 Å². The maximum atomic E-state index is 12.3. The molecule has 2 aliphatic rings. The molecule has 1 N–H and O–H groups in total. The summed E-state index contributed by atoms with van der Waals surface area (Å²) in [6, 6.07) is 0. The van der Waals surface area contributed by atoms with Gasteiger partial charge in [-0.15, -0.1) is 12.4 Å². The third-order valence-corrected chi connectivity index (χ3v) is 4.33. The fourth-order valence-corrected chi connectivity index (χ4v) is 2.86. The van der Waals surface area contributed by atoms with Gasteiger partial charge < -0.3 is 15.1 Å². The van der Waals surface area contributed by atoms with Crippen LogP contribution in [0.15, 0.2) is 0 Å². The Morgan fingerprint density at radius 1 is 1.21 bits per heavy atom. The lowest BCUT2D eigenvalue weighted by Gasteiger charge is -2.25. The second kappa shape index (κ2) is 6.09. The Morgan fingerprint density at radius 2 is 1.79 bits per heavy atom. The van der Waals surface area contributed by atoms with Crippen LogP contribution in [0.5, 0.6) is 0 Å². The fraction of sp³-hybridized carbons (Fsp3) is 0.846. The lowest BCUT2D eigenvalue weighted by molar-refractivity contribution is -0.139. The molecule has 1 saturated carbocycles. The Balaban J connectivity index is 0.00000180. The SMILES string of the molecule is CN(C)C(=O)CN(C)C(=O)C1CC12CCNCC2.Cl. The van der Waals surface area contributed by atoms with Gasteiger partial charge in [0.15, 0.2) is 0 Å². The van der Waals surface area contributed by atoms with Gasteiger partial charge in [-0.25, -0.2) is 0 Å². The van der Waals surface area contributed by atoms with Gasteiger partial charge in [0.25, 0.3) is 0 Å². The van der Waals surface area contributed by atoms with Gasteiger partial charge >= 0.3 is 0 Å². The summed E-state index contributed by atoms with van der Waals surface area (Å²) in [5.74, 6) is 0.275. The molecule has 0 aromatic rings. The van der Waals surface area contributed by atoms with Crippen molar-refractivity contribution in [1.82, 2.24) is 15.1 Å². The van der Waals surface area contributed by atoms with Crippen LogP contribution in [0.1, 0.15) is 19.3 Å². The minimum absolute atomic E-state index is 0. The van der Waals surface area contributed by atoms with E-state index in [2.05, 4.69) is 5.32 Å². The van der Waals surface area contributed by atoms with Crippen LogP contribution in [0.3, 0.4) is 0 Å². The van der Waals surface area contributed by atoms with Crippen molar-refractivity contribution in [3.63, 3.8) is 0 Å². The van der Waals surface area contributed by atoms with Crippen LogP contribution in [0.25, 0.3) is 0 Å². The number of amides is 2. The molecule has 2 fully saturated rings. The van der Waals surface area contributed by atoms with Crippen LogP contribution >= 0.6 is 12.4 Å². The molecule has 6 heteroatoms. The summed E-state index contributed by atoms with van der Waals surface area (Å²) in [6.45, 7) is 2.23. The molecule has 5 nitrogen and oxygen atoms in total. The van der Waals surface area contributed by atoms with Gasteiger partial charge in [-0.1, -0.05) is 0 Å². The van der Waals surface area contributed by atoms with Crippen LogP contribution in [0.4, 0.5) is 0 Å². The number of hydrogen-bond acceptors (Lipinski definition) is 3. The molecule has 110 valence electrons. The van der Waals surface area contributed by atoms with E-state index >= 15 is 0 Å². The van der Waals surface area contributed by atoms with Gasteiger partial charge in [0.2, 0.25) is 11.8 Å². The molecule has 1 atom stereocenters. The van der Waals surface area contributed by atoms with Crippen molar-refractivity contribution in [2.24, 2.45) is 11.3 Å². The zero-order valence-corrected chi connectivity index (χ0v) is 12.8. The number of nitrogens with zero attached hydrogens (tertiary/aromatic N) is 2. The van der Waals surface area contributed by atoms with E-state index in [4.69, 9.17) is 0 Å². The second-order valence-corrected chi connectivity index (χ2v) is 5.85. The van der Waals surface area contributed by atoms with Crippen molar-refractivity contribution in [1.29, 1.82) is 0 Å². The zero-order chi connectivity index (χ0) is 13.3. The Kier molecular flexibility index (Phi) is 5.21. The smallest absolute Gasteiger partial charge is 0.241 e. The average molecular weight is 290 g/mol. The minimum Gasteiger partial charge on any atom is -0.347 e. The minimum atomic E-state index is -0.0224. The van der Waals surface area contributed by atoms with Crippen molar-refractivity contribution >= 4 is 24.2 Å². The van der Waals surface area contributed by atoms with Crippen LogP contribution < -0.4 is 5.32 Å². The van der Waals surface area contributed by atoms with Gasteiger partial charge in [-0.05, 0) is 37.8 Å². The second-order valence-electron chi connectivity index (χ2n) is 5.85. The number of piperidine rings is 1. The zero-order valence-electron chi connectivity index (χ0n) is 11.9. The molecule has 19 heavy (non-hydrogen) atoms. The van der Waals surface area contributed by atoms with Crippen molar-refractivity contribution in [2.45, 2.75) is 19.3 Å². The molecule has 0 aromatic carbocycles. The first kappa shape index (κ1) is 16.2. The number of hydrogen-bond donors (Lipinski definition) is 1. The Hall–Kier alpha value is -0.810. The van der Waals surface area contributed by atoms with Gasteiger partial charge in [-0.2, -0.15) is 0 Å². The number of likely N-dealkylation sites (N-methyl/N-ethyl adjacent to an activating group) is 2. The van der Waals surface area contributed by atoms with E-state index in [9.17, 15) is 9.59 Å². The molecule has 1 spiro atoms. The summed E-state index contributed by atoms with van der Waals surface area (Å²) < 4.78 is 0. The quantitative estimate of drug-likeness (QED) is 0.815. The normalized spacial score (nSPS) is 23.4. The van der Waals surface area contributed by atoms with Crippen molar-refractivity contribution in [2.75, 3.05) is 40.8 Å². The van der Waals surface area contributed by atoms with Crippen LogP contribution in [0.2, 0.25) is 0 Å². The first-order valence-electron chi connectivity index (χ1n) is 6.62. The van der Waals surface area contributed by atoms with E-state index in [-0.39, 0.29) is 42.1 Å². The molecule has 1 saturated heterocycles. The lowest BCUT2D eigenvalue weighted by atomic mass is 9.91. The molecule has 0 radical (unpaired) electrons. The number of nitrogens with one attached hydrogen (secondary N) is 1. The average Bonchev–Trinajstić information content (AvgIpc) is 3.02. The number of rotatable bonds is 3. The number of carbonyl (C=O) groups excluding carboxylic acids is 2. The first-order chi connectivity index (χ1) is 8.46. The van der Waals surface area contributed by atoms with Gasteiger partial charge in [0, 0.05) is 27.1 Å². The summed E-state index contributed by atoms with van der Waals surface area (Å²) in [7, 11) is 5.16. The number of carbonyl (C=O) groups is 2. The Morgan fingerprint density at radius 3 is 2.32 bits per heavy atom. The summed E-state index contributed by atoms with van der Waals surface area (Å²) in [4.78, 5) is 27.0. The van der Waals surface area contributed by atoms with Crippen LogP contribution in [0, 0.1) is 11.3 Å². The van der Waals surface area contributed by atoms with Crippen molar-refractivity contribution in [3.8, 4) is 0 Å². The molecule has 1 heterocycles. The highest BCUT2D eigenvalue weighted by Crippen LogP contribution is 2.59. The summed E-state index contributed by atoms with van der Waals surface area (Å²) in [6.07, 6.45) is 3.20. The van der Waals surface area contributed by atoms with Crippen LogP contribution in [-0.2, 0) is 9.59 Å². The van der Waals surface area contributed by atoms with Gasteiger partial charge in [-0.3, -0.25) is 9.59 Å². The first-order valence-corrected chi connectivity index (χ1v) is 6.62. The van der Waals surface area contributed by atoms with E-state index in [0.717, 1.165) is 32.4 Å². The van der Waals surface area contributed by atoms with Gasteiger partial charge in [0.05, 0.1) is 6.54 Å². The molecule has 1 aliphatic heterocycles. The summed E-state index contributed by atoms with van der Waals surface area (Å²) in [5, 5.41) is 3.33. The van der Waals surface area contributed by atoms with E-state index in [1.165, 1.54) is 4.90 Å². The Labute approximate surface area is 121 Å². The fourth-order valence-electron chi connectivity index (χ4n) is 2.86. The standard InChI is InChI=1S/C13H23N3O2.ClH/c1-15(2)11(17)9-16(3)12(18)10-8-13(10)4-6-14-7-5-13;/h10,14H,4-9H2,1-3H3;1H. The third kappa shape index (κ3) is 3.39. The number of halogens is 1. The van der Waals surface area contributed by atoms with Crippen molar-refractivity contribution in [3.05, 3.63) is 0 Å². The molecular weight excluding hydrogens is 266 g/mol. The van der Waals surface area contributed by atoms with Crippen molar-refractivity contribution < 1.29 is 9.59 Å². The maximum absolute atomic E-state index is 12.3. The molecular formula is C13H24ClN3O2.